The van der Waals surface area contributed by atoms with Gasteiger partial charge >= 0.3 is 0 Å². The fourth-order valence-corrected chi connectivity index (χ4v) is 4.29. The lowest BCUT2D eigenvalue weighted by Gasteiger charge is -2.43. The molecule has 0 saturated heterocycles. The van der Waals surface area contributed by atoms with Gasteiger partial charge in [0.15, 0.2) is 0 Å². The lowest BCUT2D eigenvalue weighted by Crippen LogP contribution is -2.46. The second kappa shape index (κ2) is 6.75. The molecule has 0 spiro atoms. The molecule has 1 saturated carbocycles. The average molecular weight is 394 g/mol. The fraction of sp³-hybridized carbons (Fsp3) is 0.217. The SMILES string of the molecule is N#CCC1(n2cc(-c3cc(-c4ccc(O)cc4)cc4nccn34)cn2)CC(C#N)C1. The summed E-state index contributed by atoms with van der Waals surface area (Å²) in [5, 5.41) is 32.6. The Morgan fingerprint density at radius 2 is 1.90 bits per heavy atom. The Balaban J connectivity index is 1.59. The lowest BCUT2D eigenvalue weighted by atomic mass is 9.67. The number of pyridine rings is 1. The number of benzene rings is 1. The summed E-state index contributed by atoms with van der Waals surface area (Å²) in [6.45, 7) is 0. The Hall–Kier alpha value is -4.10. The molecule has 146 valence electrons. The first-order valence-corrected chi connectivity index (χ1v) is 9.70. The highest BCUT2D eigenvalue weighted by Crippen LogP contribution is 2.46. The van der Waals surface area contributed by atoms with Gasteiger partial charge in [-0.25, -0.2) is 4.98 Å². The van der Waals surface area contributed by atoms with Crippen molar-refractivity contribution < 1.29 is 5.11 Å². The van der Waals surface area contributed by atoms with Crippen LogP contribution >= 0.6 is 0 Å². The van der Waals surface area contributed by atoms with Crippen LogP contribution in [0.1, 0.15) is 19.3 Å². The Labute approximate surface area is 173 Å². The van der Waals surface area contributed by atoms with E-state index in [2.05, 4.69) is 28.3 Å². The molecule has 0 unspecified atom stereocenters. The molecule has 1 aromatic carbocycles. The summed E-state index contributed by atoms with van der Waals surface area (Å²) < 4.78 is 3.86. The Morgan fingerprint density at radius 1 is 1.10 bits per heavy atom. The van der Waals surface area contributed by atoms with Crippen molar-refractivity contribution in [3.8, 4) is 40.3 Å². The summed E-state index contributed by atoms with van der Waals surface area (Å²) in [5.41, 5.74) is 4.21. The van der Waals surface area contributed by atoms with Crippen molar-refractivity contribution in [3.05, 3.63) is 61.2 Å². The number of rotatable bonds is 4. The average Bonchev–Trinajstić information content (AvgIpc) is 3.40. The van der Waals surface area contributed by atoms with Gasteiger partial charge in [-0.15, -0.1) is 0 Å². The van der Waals surface area contributed by atoms with E-state index >= 15 is 0 Å². The van der Waals surface area contributed by atoms with Crippen molar-refractivity contribution in [1.82, 2.24) is 19.2 Å². The Kier molecular flexibility index (Phi) is 4.04. The highest BCUT2D eigenvalue weighted by molar-refractivity contribution is 5.75. The third-order valence-corrected chi connectivity index (χ3v) is 5.91. The van der Waals surface area contributed by atoms with Crippen LogP contribution in [0, 0.1) is 28.6 Å². The van der Waals surface area contributed by atoms with Crippen molar-refractivity contribution in [3.63, 3.8) is 0 Å². The predicted molar refractivity (Wildman–Crippen MR) is 110 cm³/mol. The normalized spacial score (nSPS) is 20.4. The largest absolute Gasteiger partial charge is 0.508 e. The van der Waals surface area contributed by atoms with Gasteiger partial charge in [-0.2, -0.15) is 15.6 Å². The summed E-state index contributed by atoms with van der Waals surface area (Å²) in [7, 11) is 0. The van der Waals surface area contributed by atoms with E-state index in [1.165, 1.54) is 0 Å². The third-order valence-electron chi connectivity index (χ3n) is 5.91. The Morgan fingerprint density at radius 3 is 2.63 bits per heavy atom. The molecule has 1 aliphatic rings. The van der Waals surface area contributed by atoms with E-state index in [1.807, 2.05) is 39.7 Å². The van der Waals surface area contributed by atoms with Crippen molar-refractivity contribution in [2.75, 3.05) is 0 Å². The lowest BCUT2D eigenvalue weighted by molar-refractivity contribution is 0.0882. The maximum atomic E-state index is 9.59. The molecule has 3 heterocycles. The van der Waals surface area contributed by atoms with Crippen LogP contribution in [0.5, 0.6) is 5.75 Å². The first-order chi connectivity index (χ1) is 14.6. The van der Waals surface area contributed by atoms with Crippen LogP contribution in [0.25, 0.3) is 28.0 Å². The summed E-state index contributed by atoms with van der Waals surface area (Å²) in [6.07, 6.45) is 9.04. The van der Waals surface area contributed by atoms with E-state index in [4.69, 9.17) is 0 Å². The molecule has 0 bridgehead atoms. The molecule has 0 aliphatic heterocycles. The van der Waals surface area contributed by atoms with E-state index in [0.717, 1.165) is 28.0 Å². The van der Waals surface area contributed by atoms with Crippen molar-refractivity contribution in [2.45, 2.75) is 24.8 Å². The van der Waals surface area contributed by atoms with Crippen LogP contribution in [0.4, 0.5) is 0 Å². The van der Waals surface area contributed by atoms with Crippen LogP contribution in [0.15, 0.2) is 61.2 Å². The second-order valence-electron chi connectivity index (χ2n) is 7.80. The standard InChI is InChI=1S/C23H18N6O/c24-6-5-23(11-16(12-23)13-25)29-15-19(14-27-29)21-9-18(10-22-26-7-8-28(21)22)17-1-3-20(30)4-2-17/h1-4,7-10,14-16,30H,5,11-12H2. The molecular weight excluding hydrogens is 376 g/mol. The quantitative estimate of drug-likeness (QED) is 0.561. The number of nitrogens with zero attached hydrogens (tertiary/aromatic N) is 6. The molecule has 7 heteroatoms. The molecule has 0 amide bonds. The van der Waals surface area contributed by atoms with Gasteiger partial charge in [0.05, 0.1) is 41.9 Å². The van der Waals surface area contributed by atoms with Crippen molar-refractivity contribution in [1.29, 1.82) is 10.5 Å². The van der Waals surface area contributed by atoms with Crippen LogP contribution in [-0.4, -0.2) is 24.3 Å². The van der Waals surface area contributed by atoms with E-state index in [1.54, 1.807) is 24.5 Å². The zero-order valence-corrected chi connectivity index (χ0v) is 16.1. The van der Waals surface area contributed by atoms with Crippen LogP contribution in [-0.2, 0) is 5.54 Å². The second-order valence-corrected chi connectivity index (χ2v) is 7.80. The monoisotopic (exact) mass is 394 g/mol. The molecule has 1 aliphatic carbocycles. The minimum Gasteiger partial charge on any atom is -0.508 e. The van der Waals surface area contributed by atoms with Gasteiger partial charge in [-0.3, -0.25) is 9.08 Å². The number of aromatic nitrogens is 4. The first-order valence-electron chi connectivity index (χ1n) is 9.70. The highest BCUT2D eigenvalue weighted by Gasteiger charge is 2.46. The molecule has 1 fully saturated rings. The number of hydrogen-bond acceptors (Lipinski definition) is 5. The number of nitriles is 2. The van der Waals surface area contributed by atoms with Crippen LogP contribution in [0.2, 0.25) is 0 Å². The molecule has 7 nitrogen and oxygen atoms in total. The molecule has 5 rings (SSSR count). The van der Waals surface area contributed by atoms with Gasteiger partial charge < -0.3 is 5.11 Å². The third kappa shape index (κ3) is 2.80. The molecule has 4 aromatic rings. The molecular formula is C23H18N6O. The maximum Gasteiger partial charge on any atom is 0.137 e. The van der Waals surface area contributed by atoms with Crippen LogP contribution < -0.4 is 0 Å². The maximum absolute atomic E-state index is 9.59. The number of imidazole rings is 1. The Bertz CT molecular complexity index is 1310. The van der Waals surface area contributed by atoms with Crippen molar-refractivity contribution in [2.24, 2.45) is 5.92 Å². The molecule has 0 radical (unpaired) electrons. The summed E-state index contributed by atoms with van der Waals surface area (Å²) in [6, 6.07) is 15.7. The summed E-state index contributed by atoms with van der Waals surface area (Å²) in [5.74, 6) is 0.199. The minimum absolute atomic E-state index is 0.0239. The zero-order chi connectivity index (χ0) is 20.7. The topological polar surface area (TPSA) is 103 Å². The van der Waals surface area contributed by atoms with E-state index < -0.39 is 5.54 Å². The number of fused-ring (bicyclic) bond motifs is 1. The van der Waals surface area contributed by atoms with Gasteiger partial charge in [0.25, 0.3) is 0 Å². The summed E-state index contributed by atoms with van der Waals surface area (Å²) in [4.78, 5) is 4.45. The van der Waals surface area contributed by atoms with Gasteiger partial charge in [-0.1, -0.05) is 12.1 Å². The van der Waals surface area contributed by atoms with Gasteiger partial charge in [0, 0.05) is 24.2 Å². The first kappa shape index (κ1) is 18.0. The van der Waals surface area contributed by atoms with Crippen molar-refractivity contribution >= 4 is 5.65 Å². The van der Waals surface area contributed by atoms with Gasteiger partial charge in [0.1, 0.15) is 11.4 Å². The molecule has 30 heavy (non-hydrogen) atoms. The predicted octanol–water partition coefficient (Wildman–Crippen LogP) is 4.11. The number of aromatic hydroxyl groups is 1. The minimum atomic E-state index is -0.407. The van der Waals surface area contributed by atoms with E-state index in [0.29, 0.717) is 19.3 Å². The molecule has 0 atom stereocenters. The highest BCUT2D eigenvalue weighted by atomic mass is 16.3. The number of phenols is 1. The number of hydrogen-bond donors (Lipinski definition) is 1. The molecule has 1 N–H and O–H groups in total. The van der Waals surface area contributed by atoms with E-state index in [9.17, 15) is 15.6 Å². The molecule has 3 aromatic heterocycles. The summed E-state index contributed by atoms with van der Waals surface area (Å²) >= 11 is 0. The smallest absolute Gasteiger partial charge is 0.137 e. The zero-order valence-electron chi connectivity index (χ0n) is 16.1. The van der Waals surface area contributed by atoms with Crippen LogP contribution in [0.3, 0.4) is 0 Å². The van der Waals surface area contributed by atoms with Gasteiger partial charge in [-0.05, 0) is 48.2 Å². The fourth-order valence-electron chi connectivity index (χ4n) is 4.29. The number of phenolic OH excluding ortho intramolecular Hbond substituents is 1. The van der Waals surface area contributed by atoms with E-state index in [-0.39, 0.29) is 11.7 Å². The van der Waals surface area contributed by atoms with Gasteiger partial charge in [0.2, 0.25) is 0 Å².